The second-order valence-electron chi connectivity index (χ2n) is 5.04. The summed E-state index contributed by atoms with van der Waals surface area (Å²) in [6.45, 7) is 1.59. The van der Waals surface area contributed by atoms with Gasteiger partial charge in [0, 0.05) is 12.6 Å². The average molecular weight is 332 g/mol. The van der Waals surface area contributed by atoms with E-state index in [4.69, 9.17) is 9.90 Å². The minimum absolute atomic E-state index is 0.0916. The Morgan fingerprint density at radius 3 is 2.19 bits per heavy atom. The van der Waals surface area contributed by atoms with Crippen LogP contribution in [0.15, 0.2) is 0 Å². The number of halogens is 3. The van der Waals surface area contributed by atoms with Crippen molar-refractivity contribution in [3.05, 3.63) is 0 Å². The molecule has 6 nitrogen and oxygen atoms in total. The molecule has 10 heteroatoms. The van der Waals surface area contributed by atoms with E-state index >= 15 is 0 Å². The quantitative estimate of drug-likeness (QED) is 0.709. The Labute approximate surface area is 121 Å². The summed E-state index contributed by atoms with van der Waals surface area (Å²) >= 11 is 0. The minimum Gasteiger partial charge on any atom is -0.475 e. The van der Waals surface area contributed by atoms with Gasteiger partial charge in [-0.2, -0.15) is 13.2 Å². The van der Waals surface area contributed by atoms with Crippen molar-refractivity contribution in [1.29, 1.82) is 0 Å². The fraction of sp³-hybridized carbons (Fsp3) is 0.909. The number of sulfonamides is 1. The van der Waals surface area contributed by atoms with Crippen LogP contribution in [0.5, 0.6) is 0 Å². The summed E-state index contributed by atoms with van der Waals surface area (Å²) in [5.74, 6) is -2.76. The molecule has 1 saturated carbocycles. The average Bonchev–Trinajstić information content (AvgIpc) is 3.22. The second kappa shape index (κ2) is 7.41. The Balaban J connectivity index is 0.000000270. The zero-order chi connectivity index (χ0) is 16.1. The molecule has 0 aromatic carbocycles. The number of hydrogen-bond donors (Lipinski definition) is 3. The molecule has 21 heavy (non-hydrogen) atoms. The number of rotatable bonds is 4. The van der Waals surface area contributed by atoms with E-state index < -0.39 is 22.2 Å². The molecule has 0 aromatic rings. The van der Waals surface area contributed by atoms with Crippen molar-refractivity contribution in [3.8, 4) is 0 Å². The lowest BCUT2D eigenvalue weighted by atomic mass is 10.1. The molecule has 2 fully saturated rings. The Hall–Kier alpha value is -0.870. The standard InChI is InChI=1S/C9H18N2O2S.C2HF3O2/c12-14(13,9-4-5-9)11-7-8-3-1-2-6-10-8;3-2(4,5)1(6)7/h8-11H,1-7H2;(H,6,7). The van der Waals surface area contributed by atoms with Crippen LogP contribution in [0.3, 0.4) is 0 Å². The van der Waals surface area contributed by atoms with E-state index in [1.165, 1.54) is 12.8 Å². The summed E-state index contributed by atoms with van der Waals surface area (Å²) in [5, 5.41) is 10.4. The number of carboxylic acids is 1. The van der Waals surface area contributed by atoms with E-state index in [2.05, 4.69) is 10.0 Å². The van der Waals surface area contributed by atoms with Crippen molar-refractivity contribution in [1.82, 2.24) is 10.0 Å². The third-order valence-electron chi connectivity index (χ3n) is 3.15. The minimum atomic E-state index is -5.08. The van der Waals surface area contributed by atoms with Gasteiger partial charge < -0.3 is 10.4 Å². The van der Waals surface area contributed by atoms with E-state index in [0.29, 0.717) is 12.6 Å². The van der Waals surface area contributed by atoms with Gasteiger partial charge >= 0.3 is 12.1 Å². The lowest BCUT2D eigenvalue weighted by Crippen LogP contribution is -2.44. The van der Waals surface area contributed by atoms with E-state index in [1.807, 2.05) is 0 Å². The Morgan fingerprint density at radius 1 is 1.24 bits per heavy atom. The highest BCUT2D eigenvalue weighted by Crippen LogP contribution is 2.27. The van der Waals surface area contributed by atoms with Crippen LogP contribution in [-0.2, 0) is 14.8 Å². The van der Waals surface area contributed by atoms with Crippen molar-refractivity contribution in [3.63, 3.8) is 0 Å². The van der Waals surface area contributed by atoms with Crippen LogP contribution < -0.4 is 10.0 Å². The van der Waals surface area contributed by atoms with Crippen LogP contribution in [0.2, 0.25) is 0 Å². The van der Waals surface area contributed by atoms with Gasteiger partial charge in [0.2, 0.25) is 10.0 Å². The molecule has 1 atom stereocenters. The highest BCUT2D eigenvalue weighted by molar-refractivity contribution is 7.90. The SMILES string of the molecule is O=C(O)C(F)(F)F.O=S(=O)(NCC1CCCCN1)C1CC1. The molecular weight excluding hydrogens is 313 g/mol. The van der Waals surface area contributed by atoms with Gasteiger partial charge in [-0.25, -0.2) is 17.9 Å². The second-order valence-corrected chi connectivity index (χ2v) is 7.09. The lowest BCUT2D eigenvalue weighted by Gasteiger charge is -2.23. The molecule has 0 aromatic heterocycles. The van der Waals surface area contributed by atoms with Gasteiger partial charge in [-0.05, 0) is 32.2 Å². The molecule has 0 bridgehead atoms. The third-order valence-corrected chi connectivity index (χ3v) is 5.07. The summed E-state index contributed by atoms with van der Waals surface area (Å²) in [5.41, 5.74) is 0. The summed E-state index contributed by atoms with van der Waals surface area (Å²) in [4.78, 5) is 8.90. The maximum Gasteiger partial charge on any atom is 0.490 e. The predicted octanol–water partition coefficient (Wildman–Crippen LogP) is 0.844. The van der Waals surface area contributed by atoms with E-state index in [0.717, 1.165) is 25.8 Å². The number of piperidine rings is 1. The molecule has 1 unspecified atom stereocenters. The number of carbonyl (C=O) groups is 1. The van der Waals surface area contributed by atoms with Crippen LogP contribution in [0, 0.1) is 0 Å². The number of alkyl halides is 3. The monoisotopic (exact) mass is 332 g/mol. The zero-order valence-corrected chi connectivity index (χ0v) is 12.1. The molecule has 1 heterocycles. The van der Waals surface area contributed by atoms with Gasteiger partial charge in [0.25, 0.3) is 0 Å². The van der Waals surface area contributed by atoms with Crippen LogP contribution >= 0.6 is 0 Å². The summed E-state index contributed by atoms with van der Waals surface area (Å²) in [6, 6.07) is 0.345. The van der Waals surface area contributed by atoms with Gasteiger partial charge in [-0.3, -0.25) is 0 Å². The van der Waals surface area contributed by atoms with Gasteiger partial charge in [0.1, 0.15) is 0 Å². The van der Waals surface area contributed by atoms with Crippen LogP contribution in [0.4, 0.5) is 13.2 Å². The van der Waals surface area contributed by atoms with Crippen LogP contribution in [0.1, 0.15) is 32.1 Å². The van der Waals surface area contributed by atoms with Gasteiger partial charge in [0.15, 0.2) is 0 Å². The van der Waals surface area contributed by atoms with Crippen LogP contribution in [0.25, 0.3) is 0 Å². The molecule has 2 aliphatic rings. The molecule has 3 N–H and O–H groups in total. The van der Waals surface area contributed by atoms with Crippen molar-refractivity contribution >= 4 is 16.0 Å². The maximum atomic E-state index is 11.5. The number of hydrogen-bond acceptors (Lipinski definition) is 4. The summed E-state index contributed by atoms with van der Waals surface area (Å²) in [6.07, 6.45) is 0.114. The number of carboxylic acid groups (broad SMARTS) is 1. The fourth-order valence-electron chi connectivity index (χ4n) is 1.81. The van der Waals surface area contributed by atoms with Crippen molar-refractivity contribution < 1.29 is 31.5 Å². The molecule has 124 valence electrons. The van der Waals surface area contributed by atoms with Crippen molar-refractivity contribution in [2.45, 2.75) is 49.6 Å². The third kappa shape index (κ3) is 7.09. The predicted molar refractivity (Wildman–Crippen MR) is 69.3 cm³/mol. The molecule has 0 radical (unpaired) electrons. The smallest absolute Gasteiger partial charge is 0.475 e. The van der Waals surface area contributed by atoms with Gasteiger partial charge in [-0.1, -0.05) is 6.42 Å². The Kier molecular flexibility index (Phi) is 6.41. The largest absolute Gasteiger partial charge is 0.490 e. The van der Waals surface area contributed by atoms with Crippen molar-refractivity contribution in [2.75, 3.05) is 13.1 Å². The molecule has 0 spiro atoms. The first-order chi connectivity index (χ1) is 9.63. The van der Waals surface area contributed by atoms with Gasteiger partial charge in [-0.15, -0.1) is 0 Å². The molecule has 1 aliphatic carbocycles. The first-order valence-corrected chi connectivity index (χ1v) is 8.19. The van der Waals surface area contributed by atoms with E-state index in [-0.39, 0.29) is 5.25 Å². The molecule has 2 rings (SSSR count). The van der Waals surface area contributed by atoms with Gasteiger partial charge in [0.05, 0.1) is 5.25 Å². The number of aliphatic carboxylic acids is 1. The summed E-state index contributed by atoms with van der Waals surface area (Å²) in [7, 11) is -2.98. The van der Waals surface area contributed by atoms with Crippen molar-refractivity contribution in [2.24, 2.45) is 0 Å². The van der Waals surface area contributed by atoms with Crippen LogP contribution in [-0.4, -0.2) is 50.1 Å². The Bertz CT molecular complexity index is 443. The number of nitrogens with one attached hydrogen (secondary N) is 2. The zero-order valence-electron chi connectivity index (χ0n) is 11.3. The first-order valence-electron chi connectivity index (χ1n) is 6.65. The normalized spacial score (nSPS) is 23.1. The summed E-state index contributed by atoms with van der Waals surface area (Å²) < 4.78 is 57.4. The first kappa shape index (κ1) is 18.2. The lowest BCUT2D eigenvalue weighted by molar-refractivity contribution is -0.192. The fourth-order valence-corrected chi connectivity index (χ4v) is 3.24. The highest BCUT2D eigenvalue weighted by Gasteiger charge is 2.38. The molecule has 1 saturated heterocycles. The van der Waals surface area contributed by atoms with E-state index in [9.17, 15) is 21.6 Å². The Morgan fingerprint density at radius 2 is 1.81 bits per heavy atom. The topological polar surface area (TPSA) is 95.5 Å². The maximum absolute atomic E-state index is 11.5. The molecule has 0 amide bonds. The van der Waals surface area contributed by atoms with E-state index in [1.54, 1.807) is 0 Å². The molecule has 1 aliphatic heterocycles. The highest BCUT2D eigenvalue weighted by atomic mass is 32.2. The molecular formula is C11H19F3N2O4S.